The molecule has 2 aromatic carbocycles. The van der Waals surface area contributed by atoms with Crippen molar-refractivity contribution in [3.63, 3.8) is 0 Å². The largest absolute Gasteiger partial charge is 0.379 e. The van der Waals surface area contributed by atoms with Crippen molar-refractivity contribution in [2.24, 2.45) is 5.92 Å². The van der Waals surface area contributed by atoms with Crippen molar-refractivity contribution in [3.8, 4) is 0 Å². The average Bonchev–Trinajstić information content (AvgIpc) is 3.36. The van der Waals surface area contributed by atoms with E-state index in [0.29, 0.717) is 5.92 Å². The summed E-state index contributed by atoms with van der Waals surface area (Å²) in [6.45, 7) is 4.19. The van der Waals surface area contributed by atoms with Crippen molar-refractivity contribution in [2.75, 3.05) is 32.9 Å². The van der Waals surface area contributed by atoms with E-state index in [2.05, 4.69) is 35.2 Å². The van der Waals surface area contributed by atoms with Crippen LogP contribution < -0.4 is 0 Å². The molecule has 0 radical (unpaired) electrons. The maximum Gasteiger partial charge on any atom is 0.173 e. The Kier molecular flexibility index (Phi) is 4.61. The number of rotatable bonds is 4. The van der Waals surface area contributed by atoms with Crippen molar-refractivity contribution in [1.82, 2.24) is 19.9 Å². The van der Waals surface area contributed by atoms with Crippen LogP contribution in [-0.4, -0.2) is 52.8 Å². The fourth-order valence-electron chi connectivity index (χ4n) is 4.37. The molecular formula is C21H24N4O2. The highest BCUT2D eigenvalue weighted by atomic mass is 16.5. The van der Waals surface area contributed by atoms with E-state index in [1.165, 1.54) is 5.56 Å². The molecule has 27 heavy (non-hydrogen) atoms. The van der Waals surface area contributed by atoms with E-state index in [9.17, 15) is 0 Å². The molecular weight excluding hydrogens is 340 g/mol. The lowest BCUT2D eigenvalue weighted by atomic mass is 9.89. The van der Waals surface area contributed by atoms with Crippen LogP contribution in [0, 0.1) is 5.92 Å². The van der Waals surface area contributed by atoms with Crippen LogP contribution in [0.4, 0.5) is 0 Å². The van der Waals surface area contributed by atoms with Crippen LogP contribution in [0.25, 0.3) is 11.0 Å². The molecule has 0 saturated carbocycles. The Balaban J connectivity index is 1.51. The quantitative estimate of drug-likeness (QED) is 0.712. The lowest BCUT2D eigenvalue weighted by molar-refractivity contribution is -0.0403. The molecule has 3 atom stereocenters. The lowest BCUT2D eigenvalue weighted by Crippen LogP contribution is -2.43. The molecule has 1 aromatic heterocycles. The van der Waals surface area contributed by atoms with E-state index in [4.69, 9.17) is 19.7 Å². The second-order valence-electron chi connectivity index (χ2n) is 7.23. The van der Waals surface area contributed by atoms with Crippen molar-refractivity contribution in [3.05, 3.63) is 60.2 Å². The van der Waals surface area contributed by atoms with Gasteiger partial charge < -0.3 is 9.47 Å². The van der Waals surface area contributed by atoms with Crippen LogP contribution in [0.5, 0.6) is 0 Å². The third kappa shape index (κ3) is 3.25. The van der Waals surface area contributed by atoms with E-state index in [-0.39, 0.29) is 12.3 Å². The van der Waals surface area contributed by atoms with Crippen LogP contribution in [0.3, 0.4) is 0 Å². The summed E-state index contributed by atoms with van der Waals surface area (Å²) in [6, 6.07) is 19.0. The normalized spacial score (nSPS) is 25.0. The van der Waals surface area contributed by atoms with Gasteiger partial charge in [0, 0.05) is 31.7 Å². The third-order valence-corrected chi connectivity index (χ3v) is 5.62. The molecule has 0 aliphatic carbocycles. The van der Waals surface area contributed by atoms with Crippen LogP contribution in [0.15, 0.2) is 54.6 Å². The molecule has 3 aromatic rings. The minimum atomic E-state index is -0.148. The fourth-order valence-corrected chi connectivity index (χ4v) is 4.37. The summed E-state index contributed by atoms with van der Waals surface area (Å²) in [5.74, 6) is 0.298. The second kappa shape index (κ2) is 7.38. The molecule has 0 amide bonds. The van der Waals surface area contributed by atoms with Gasteiger partial charge in [0.05, 0.1) is 13.2 Å². The minimum Gasteiger partial charge on any atom is -0.379 e. The molecule has 0 spiro atoms. The summed E-state index contributed by atoms with van der Waals surface area (Å²) >= 11 is 0. The first-order chi connectivity index (χ1) is 13.4. The third-order valence-electron chi connectivity index (χ3n) is 5.62. The molecule has 140 valence electrons. The zero-order chi connectivity index (χ0) is 18.1. The predicted octanol–water partition coefficient (Wildman–Crippen LogP) is 3.04. The molecule has 2 aliphatic rings. The molecule has 0 bridgehead atoms. The summed E-state index contributed by atoms with van der Waals surface area (Å²) in [5, 5.41) is 9.41. The highest BCUT2D eigenvalue weighted by Gasteiger charge is 2.41. The number of hydrogen-bond acceptors (Lipinski definition) is 5. The second-order valence-corrected chi connectivity index (χ2v) is 7.23. The van der Waals surface area contributed by atoms with Gasteiger partial charge >= 0.3 is 0 Å². The standard InChI is InChI=1S/C21H24N4O2/c1-2-6-16(7-3-1)20(24-11-14-26-15-12-24)17-10-13-27-21(17)25-22-18-8-4-5-9-19(18)23-25/h1-9,17,20-21H,10-15H2. The summed E-state index contributed by atoms with van der Waals surface area (Å²) in [4.78, 5) is 4.33. The van der Waals surface area contributed by atoms with E-state index >= 15 is 0 Å². The zero-order valence-corrected chi connectivity index (χ0v) is 15.3. The van der Waals surface area contributed by atoms with Gasteiger partial charge in [-0.05, 0) is 24.1 Å². The van der Waals surface area contributed by atoms with Gasteiger partial charge in [-0.2, -0.15) is 15.0 Å². The number of morpholine rings is 1. The van der Waals surface area contributed by atoms with Crippen LogP contribution in [0.2, 0.25) is 0 Å². The number of ether oxygens (including phenoxy) is 2. The summed E-state index contributed by atoms with van der Waals surface area (Å²) in [6.07, 6.45) is 0.852. The first kappa shape index (κ1) is 16.9. The molecule has 6 heteroatoms. The first-order valence-electron chi connectivity index (χ1n) is 9.70. The van der Waals surface area contributed by atoms with Crippen molar-refractivity contribution in [1.29, 1.82) is 0 Å². The van der Waals surface area contributed by atoms with E-state index in [0.717, 1.165) is 50.4 Å². The average molecular weight is 364 g/mol. The van der Waals surface area contributed by atoms with Crippen LogP contribution >= 0.6 is 0 Å². The Labute approximate surface area is 158 Å². The Hall–Kier alpha value is -2.28. The van der Waals surface area contributed by atoms with Gasteiger partial charge in [-0.25, -0.2) is 0 Å². The van der Waals surface area contributed by atoms with E-state index < -0.39 is 0 Å². The monoisotopic (exact) mass is 364 g/mol. The van der Waals surface area contributed by atoms with Gasteiger partial charge in [-0.15, -0.1) is 0 Å². The molecule has 2 fully saturated rings. The molecule has 2 saturated heterocycles. The van der Waals surface area contributed by atoms with Gasteiger partial charge in [0.25, 0.3) is 0 Å². The number of aromatic nitrogens is 3. The van der Waals surface area contributed by atoms with Gasteiger partial charge in [0.15, 0.2) is 6.23 Å². The Morgan fingerprint density at radius 3 is 2.22 bits per heavy atom. The molecule has 5 rings (SSSR count). The number of hydrogen-bond donors (Lipinski definition) is 0. The smallest absolute Gasteiger partial charge is 0.173 e. The highest BCUT2D eigenvalue weighted by molar-refractivity contribution is 5.72. The molecule has 3 heterocycles. The maximum atomic E-state index is 6.15. The number of fused-ring (bicyclic) bond motifs is 1. The summed E-state index contributed by atoms with van der Waals surface area (Å²) < 4.78 is 11.8. The van der Waals surface area contributed by atoms with Gasteiger partial charge in [0.2, 0.25) is 0 Å². The van der Waals surface area contributed by atoms with E-state index in [1.807, 2.05) is 24.3 Å². The lowest BCUT2D eigenvalue weighted by Gasteiger charge is -2.39. The van der Waals surface area contributed by atoms with E-state index in [1.54, 1.807) is 4.80 Å². The minimum absolute atomic E-state index is 0.148. The molecule has 2 aliphatic heterocycles. The summed E-state index contributed by atoms with van der Waals surface area (Å²) in [7, 11) is 0. The zero-order valence-electron chi connectivity index (χ0n) is 15.3. The number of benzene rings is 2. The molecule has 6 nitrogen and oxygen atoms in total. The molecule has 3 unspecified atom stereocenters. The van der Waals surface area contributed by atoms with Gasteiger partial charge in [0.1, 0.15) is 11.0 Å². The molecule has 0 N–H and O–H groups in total. The fraction of sp³-hybridized carbons (Fsp3) is 0.429. The van der Waals surface area contributed by atoms with Crippen molar-refractivity contribution >= 4 is 11.0 Å². The maximum absolute atomic E-state index is 6.15. The predicted molar refractivity (Wildman–Crippen MR) is 102 cm³/mol. The topological polar surface area (TPSA) is 52.4 Å². The Morgan fingerprint density at radius 1 is 0.852 bits per heavy atom. The SMILES string of the molecule is c1ccc(C(C2CCOC2n2nc3ccccc3n2)N2CCOCC2)cc1. The Morgan fingerprint density at radius 2 is 1.52 bits per heavy atom. The van der Waals surface area contributed by atoms with Crippen LogP contribution in [-0.2, 0) is 9.47 Å². The van der Waals surface area contributed by atoms with Crippen molar-refractivity contribution < 1.29 is 9.47 Å². The van der Waals surface area contributed by atoms with Gasteiger partial charge in [-0.1, -0.05) is 42.5 Å². The highest BCUT2D eigenvalue weighted by Crippen LogP contribution is 2.42. The summed E-state index contributed by atoms with van der Waals surface area (Å²) in [5.41, 5.74) is 3.15. The Bertz CT molecular complexity index is 858. The van der Waals surface area contributed by atoms with Crippen LogP contribution in [0.1, 0.15) is 24.3 Å². The number of nitrogens with zero attached hydrogens (tertiary/aromatic N) is 4. The first-order valence-corrected chi connectivity index (χ1v) is 9.70. The van der Waals surface area contributed by atoms with Crippen molar-refractivity contribution in [2.45, 2.75) is 18.7 Å². The van der Waals surface area contributed by atoms with Gasteiger partial charge in [-0.3, -0.25) is 4.90 Å².